The molecule has 3 rings (SSSR count). The van der Waals surface area contributed by atoms with Crippen LogP contribution in [0.1, 0.15) is 6.42 Å². The van der Waals surface area contributed by atoms with Crippen molar-refractivity contribution in [2.75, 3.05) is 13.2 Å². The summed E-state index contributed by atoms with van der Waals surface area (Å²) in [6.45, 7) is 1.66. The van der Waals surface area contributed by atoms with Crippen LogP contribution in [0.25, 0.3) is 0 Å². The van der Waals surface area contributed by atoms with Crippen LogP contribution in [0.5, 0.6) is 0 Å². The van der Waals surface area contributed by atoms with E-state index in [2.05, 4.69) is 9.89 Å². The summed E-state index contributed by atoms with van der Waals surface area (Å²) in [6, 6.07) is 0.0975. The highest BCUT2D eigenvalue weighted by molar-refractivity contribution is 8.04. The number of ether oxygens (including phenoxy) is 1. The van der Waals surface area contributed by atoms with Crippen LogP contribution < -0.4 is 0 Å². The normalized spacial score (nSPS) is 35.9. The summed E-state index contributed by atoms with van der Waals surface area (Å²) in [5.74, 6) is -0.852. The molecule has 0 radical (unpaired) electrons. The molecule has 0 aromatic carbocycles. The Morgan fingerprint density at radius 2 is 2.56 bits per heavy atom. The third-order valence-electron chi connectivity index (χ3n) is 3.03. The van der Waals surface area contributed by atoms with E-state index in [1.54, 1.807) is 6.08 Å². The third-order valence-corrected chi connectivity index (χ3v) is 4.23. The molecule has 0 amide bonds. The monoisotopic (exact) mass is 240 g/mol. The van der Waals surface area contributed by atoms with Gasteiger partial charge in [-0.3, -0.25) is 4.99 Å². The molecule has 1 saturated heterocycles. The number of aliphatic carboxylic acids is 1. The molecule has 0 aliphatic carbocycles. The number of carbonyl (C=O) groups is 1. The zero-order chi connectivity index (χ0) is 11.1. The summed E-state index contributed by atoms with van der Waals surface area (Å²) in [7, 11) is 0. The molecule has 5 nitrogen and oxygen atoms in total. The number of rotatable bonds is 3. The van der Waals surface area contributed by atoms with Gasteiger partial charge in [-0.25, -0.2) is 4.79 Å². The Balaban J connectivity index is 1.68. The summed E-state index contributed by atoms with van der Waals surface area (Å²) in [4.78, 5) is 17.7. The number of hydrogen-bond acceptors (Lipinski definition) is 5. The third kappa shape index (κ3) is 1.62. The van der Waals surface area contributed by atoms with Gasteiger partial charge in [0.15, 0.2) is 0 Å². The number of carboxylic acid groups (broad SMARTS) is 1. The average Bonchev–Trinajstić information content (AvgIpc) is 2.70. The second kappa shape index (κ2) is 3.78. The fourth-order valence-corrected chi connectivity index (χ4v) is 3.11. The van der Waals surface area contributed by atoms with Gasteiger partial charge in [-0.2, -0.15) is 0 Å². The van der Waals surface area contributed by atoms with E-state index in [0.29, 0.717) is 4.91 Å². The molecular weight excluding hydrogens is 228 g/mol. The van der Waals surface area contributed by atoms with Crippen molar-refractivity contribution in [1.82, 2.24) is 4.90 Å². The Morgan fingerprint density at radius 1 is 1.75 bits per heavy atom. The maximum absolute atomic E-state index is 10.8. The first-order chi connectivity index (χ1) is 7.74. The molecule has 3 aliphatic heterocycles. The molecule has 3 aliphatic rings. The molecule has 86 valence electrons. The number of hydrogen-bond donors (Lipinski definition) is 1. The van der Waals surface area contributed by atoms with E-state index in [-0.39, 0.29) is 17.5 Å². The first-order valence-corrected chi connectivity index (χ1v) is 6.14. The van der Waals surface area contributed by atoms with Crippen molar-refractivity contribution in [3.63, 3.8) is 0 Å². The van der Waals surface area contributed by atoms with Gasteiger partial charge in [0, 0.05) is 13.2 Å². The van der Waals surface area contributed by atoms with Gasteiger partial charge in [-0.1, -0.05) is 11.8 Å². The summed E-state index contributed by atoms with van der Waals surface area (Å²) in [5.41, 5.74) is 0. The fourth-order valence-electron chi connectivity index (χ4n) is 2.04. The SMILES string of the molecule is O=C(O)C1=CC2C(N=CN2C[C@@H]2CCO2)S1. The van der Waals surface area contributed by atoms with Crippen LogP contribution in [0.4, 0.5) is 0 Å². The lowest BCUT2D eigenvalue weighted by Crippen LogP contribution is -2.42. The van der Waals surface area contributed by atoms with Gasteiger partial charge in [-0.05, 0) is 12.5 Å². The van der Waals surface area contributed by atoms with Gasteiger partial charge in [0.25, 0.3) is 0 Å². The molecule has 0 bridgehead atoms. The van der Waals surface area contributed by atoms with Crippen molar-refractivity contribution in [1.29, 1.82) is 0 Å². The van der Waals surface area contributed by atoms with Crippen LogP contribution in [-0.4, -0.2) is 53.0 Å². The van der Waals surface area contributed by atoms with Gasteiger partial charge in [0.05, 0.1) is 23.4 Å². The lowest BCUT2D eigenvalue weighted by molar-refractivity contribution is -0.131. The first-order valence-electron chi connectivity index (χ1n) is 5.26. The highest BCUT2D eigenvalue weighted by atomic mass is 32.2. The van der Waals surface area contributed by atoms with Crippen LogP contribution in [0.15, 0.2) is 16.0 Å². The Bertz CT molecular complexity index is 378. The highest BCUT2D eigenvalue weighted by Gasteiger charge is 2.39. The van der Waals surface area contributed by atoms with Crippen molar-refractivity contribution < 1.29 is 14.6 Å². The van der Waals surface area contributed by atoms with Crippen LogP contribution in [-0.2, 0) is 9.53 Å². The maximum Gasteiger partial charge on any atom is 0.341 e. The second-order valence-electron chi connectivity index (χ2n) is 4.08. The lowest BCUT2D eigenvalue weighted by atomic mass is 10.1. The molecule has 1 fully saturated rings. The number of carboxylic acids is 1. The fraction of sp³-hybridized carbons (Fsp3) is 0.600. The van der Waals surface area contributed by atoms with Crippen molar-refractivity contribution in [3.8, 4) is 0 Å². The van der Waals surface area contributed by atoms with E-state index in [4.69, 9.17) is 9.84 Å². The van der Waals surface area contributed by atoms with E-state index in [1.807, 2.05) is 6.34 Å². The van der Waals surface area contributed by atoms with Gasteiger partial charge < -0.3 is 14.7 Å². The zero-order valence-corrected chi connectivity index (χ0v) is 9.39. The Kier molecular flexibility index (Phi) is 2.40. The Labute approximate surface area is 97.2 Å². The number of aliphatic imine (C=N–C) groups is 1. The van der Waals surface area contributed by atoms with Gasteiger partial charge in [-0.15, -0.1) is 0 Å². The minimum Gasteiger partial charge on any atom is -0.477 e. The van der Waals surface area contributed by atoms with E-state index in [9.17, 15) is 4.79 Å². The lowest BCUT2D eigenvalue weighted by Gasteiger charge is -2.32. The van der Waals surface area contributed by atoms with Crippen LogP contribution in [0.3, 0.4) is 0 Å². The summed E-state index contributed by atoms with van der Waals surface area (Å²) in [6.07, 6.45) is 4.99. The van der Waals surface area contributed by atoms with Crippen molar-refractivity contribution in [2.24, 2.45) is 4.99 Å². The highest BCUT2D eigenvalue weighted by Crippen LogP contribution is 2.38. The summed E-state index contributed by atoms with van der Waals surface area (Å²) < 4.78 is 5.37. The topological polar surface area (TPSA) is 62.1 Å². The van der Waals surface area contributed by atoms with E-state index >= 15 is 0 Å². The number of thioether (sulfide) groups is 1. The molecule has 3 atom stereocenters. The molecule has 3 heterocycles. The standard InChI is InChI=1S/C10H12N2O3S/c13-10(14)8-3-7-9(16-8)11-5-12(7)4-6-1-2-15-6/h3,5-7,9H,1-2,4H2,(H,13,14)/t6-,7?,9?/m0/s1. The molecule has 1 N–H and O–H groups in total. The number of fused-ring (bicyclic) bond motifs is 1. The Hall–Kier alpha value is -1.01. The van der Waals surface area contributed by atoms with Gasteiger partial charge in [0.1, 0.15) is 5.37 Å². The quantitative estimate of drug-likeness (QED) is 0.779. The summed E-state index contributed by atoms with van der Waals surface area (Å²) in [5, 5.41) is 8.93. The smallest absolute Gasteiger partial charge is 0.341 e. The molecule has 6 heteroatoms. The molecule has 0 spiro atoms. The second-order valence-corrected chi connectivity index (χ2v) is 5.24. The average molecular weight is 240 g/mol. The van der Waals surface area contributed by atoms with E-state index < -0.39 is 5.97 Å². The predicted octanol–water partition coefficient (Wildman–Crippen LogP) is 0.529. The van der Waals surface area contributed by atoms with Gasteiger partial charge >= 0.3 is 5.97 Å². The van der Waals surface area contributed by atoms with Crippen LogP contribution >= 0.6 is 11.8 Å². The minimum absolute atomic E-state index is 0.0196. The predicted molar refractivity (Wildman–Crippen MR) is 60.4 cm³/mol. The Morgan fingerprint density at radius 3 is 3.19 bits per heavy atom. The molecule has 0 aromatic rings. The van der Waals surface area contributed by atoms with Crippen molar-refractivity contribution >= 4 is 24.1 Å². The molecular formula is C10H12N2O3S. The molecule has 2 unspecified atom stereocenters. The van der Waals surface area contributed by atoms with Crippen molar-refractivity contribution in [2.45, 2.75) is 23.9 Å². The van der Waals surface area contributed by atoms with Gasteiger partial charge in [0.2, 0.25) is 0 Å². The molecule has 16 heavy (non-hydrogen) atoms. The molecule has 0 saturated carbocycles. The largest absolute Gasteiger partial charge is 0.477 e. The van der Waals surface area contributed by atoms with Crippen LogP contribution in [0.2, 0.25) is 0 Å². The van der Waals surface area contributed by atoms with Crippen molar-refractivity contribution in [3.05, 3.63) is 11.0 Å². The number of nitrogens with zero attached hydrogens (tertiary/aromatic N) is 2. The van der Waals surface area contributed by atoms with Crippen LogP contribution in [0, 0.1) is 0 Å². The molecule has 0 aromatic heterocycles. The minimum atomic E-state index is -0.852. The first kappa shape index (κ1) is 10.2. The van der Waals surface area contributed by atoms with E-state index in [1.165, 1.54) is 11.8 Å². The van der Waals surface area contributed by atoms with E-state index in [0.717, 1.165) is 19.6 Å². The zero-order valence-electron chi connectivity index (χ0n) is 8.57. The summed E-state index contributed by atoms with van der Waals surface area (Å²) >= 11 is 1.33. The maximum atomic E-state index is 10.8.